The van der Waals surface area contributed by atoms with Gasteiger partial charge in [0.25, 0.3) is 10.0 Å². The Morgan fingerprint density at radius 2 is 2.04 bits per heavy atom. The maximum absolute atomic E-state index is 12.8. The van der Waals surface area contributed by atoms with Gasteiger partial charge in [-0.25, -0.2) is 13.4 Å². The molecule has 4 rings (SSSR count). The molecule has 1 fully saturated rings. The molecule has 1 aliphatic rings. The molecule has 1 aromatic carbocycles. The van der Waals surface area contributed by atoms with E-state index in [0.29, 0.717) is 28.7 Å². The largest absolute Gasteiger partial charge is 0.302 e. The van der Waals surface area contributed by atoms with Crippen LogP contribution >= 0.6 is 22.7 Å². The molecule has 0 aliphatic carbocycles. The van der Waals surface area contributed by atoms with E-state index in [9.17, 15) is 13.2 Å². The van der Waals surface area contributed by atoms with Crippen LogP contribution in [-0.2, 0) is 14.8 Å². The van der Waals surface area contributed by atoms with Crippen molar-refractivity contribution in [3.8, 4) is 0 Å². The molecule has 0 spiro atoms. The molecular formula is C18H19N3O3S3. The van der Waals surface area contributed by atoms with E-state index in [1.165, 1.54) is 27.0 Å². The molecule has 142 valence electrons. The zero-order valence-corrected chi connectivity index (χ0v) is 17.2. The quantitative estimate of drug-likeness (QED) is 0.697. The lowest BCUT2D eigenvalue weighted by atomic mass is 9.99. The number of amides is 1. The second-order valence-corrected chi connectivity index (χ2v) is 11.0. The van der Waals surface area contributed by atoms with Crippen LogP contribution in [0.15, 0.2) is 40.6 Å². The second-order valence-electron chi connectivity index (χ2n) is 6.54. The van der Waals surface area contributed by atoms with Crippen molar-refractivity contribution in [3.63, 3.8) is 0 Å². The third kappa shape index (κ3) is 3.77. The summed E-state index contributed by atoms with van der Waals surface area (Å²) >= 11 is 2.69. The minimum absolute atomic E-state index is 0.170. The molecule has 0 saturated carbocycles. The van der Waals surface area contributed by atoms with Crippen LogP contribution in [-0.4, -0.2) is 36.7 Å². The maximum atomic E-state index is 12.8. The molecule has 27 heavy (non-hydrogen) atoms. The van der Waals surface area contributed by atoms with Crippen molar-refractivity contribution in [1.82, 2.24) is 9.29 Å². The number of carbonyl (C=O) groups excluding carboxylic acids is 1. The third-order valence-electron chi connectivity index (χ3n) is 4.59. The Hall–Kier alpha value is -1.81. The van der Waals surface area contributed by atoms with Gasteiger partial charge in [0.2, 0.25) is 5.91 Å². The van der Waals surface area contributed by atoms with E-state index in [1.54, 1.807) is 12.1 Å². The van der Waals surface area contributed by atoms with Crippen LogP contribution < -0.4 is 5.32 Å². The first-order valence-electron chi connectivity index (χ1n) is 8.66. The summed E-state index contributed by atoms with van der Waals surface area (Å²) in [7, 11) is -3.54. The average molecular weight is 422 g/mol. The van der Waals surface area contributed by atoms with E-state index in [2.05, 4.69) is 10.3 Å². The van der Waals surface area contributed by atoms with Crippen molar-refractivity contribution >= 4 is 54.0 Å². The number of rotatable bonds is 4. The lowest BCUT2D eigenvalue weighted by molar-refractivity contribution is -0.120. The Morgan fingerprint density at radius 3 is 2.78 bits per heavy atom. The molecule has 6 nitrogen and oxygen atoms in total. The van der Waals surface area contributed by atoms with Gasteiger partial charge >= 0.3 is 0 Å². The number of piperidine rings is 1. The van der Waals surface area contributed by atoms with Gasteiger partial charge in [0, 0.05) is 18.0 Å². The first-order valence-corrected chi connectivity index (χ1v) is 11.7. The molecule has 3 aromatic rings. The molecule has 3 heterocycles. The number of sulfonamides is 1. The molecular weight excluding hydrogens is 402 g/mol. The lowest BCUT2D eigenvalue weighted by Crippen LogP contribution is -2.43. The third-order valence-corrected chi connectivity index (χ3v) is 8.87. The summed E-state index contributed by atoms with van der Waals surface area (Å²) in [5.74, 6) is -0.544. The number of hydrogen-bond donors (Lipinski definition) is 1. The Labute approximate surface area is 165 Å². The van der Waals surface area contributed by atoms with Crippen LogP contribution in [0.25, 0.3) is 10.2 Å². The highest BCUT2D eigenvalue weighted by Crippen LogP contribution is 2.30. The number of thiophene rings is 1. The van der Waals surface area contributed by atoms with Crippen molar-refractivity contribution in [2.24, 2.45) is 5.92 Å². The zero-order valence-electron chi connectivity index (χ0n) is 14.7. The predicted octanol–water partition coefficient (Wildman–Crippen LogP) is 3.71. The molecule has 2 aromatic heterocycles. The smallest absolute Gasteiger partial charge is 0.252 e. The van der Waals surface area contributed by atoms with Gasteiger partial charge in [-0.15, -0.1) is 11.3 Å². The monoisotopic (exact) mass is 421 g/mol. The van der Waals surface area contributed by atoms with Gasteiger partial charge in [0.1, 0.15) is 4.21 Å². The van der Waals surface area contributed by atoms with Crippen molar-refractivity contribution in [1.29, 1.82) is 0 Å². The first kappa shape index (κ1) is 18.5. The molecule has 1 N–H and O–H groups in total. The van der Waals surface area contributed by atoms with Crippen LogP contribution in [0.3, 0.4) is 0 Å². The van der Waals surface area contributed by atoms with Gasteiger partial charge in [-0.3, -0.25) is 4.79 Å². The highest BCUT2D eigenvalue weighted by molar-refractivity contribution is 7.91. The minimum Gasteiger partial charge on any atom is -0.302 e. The van der Waals surface area contributed by atoms with Gasteiger partial charge in [-0.2, -0.15) is 4.31 Å². The van der Waals surface area contributed by atoms with Crippen LogP contribution in [0.2, 0.25) is 0 Å². The number of fused-ring (bicyclic) bond motifs is 1. The summed E-state index contributed by atoms with van der Waals surface area (Å²) in [6.45, 7) is 2.54. The number of benzene rings is 1. The van der Waals surface area contributed by atoms with Crippen molar-refractivity contribution in [3.05, 3.63) is 41.3 Å². The second kappa shape index (κ2) is 7.31. The molecule has 9 heteroatoms. The first-order chi connectivity index (χ1) is 12.9. The lowest BCUT2D eigenvalue weighted by Gasteiger charge is -2.30. The number of nitrogens with one attached hydrogen (secondary N) is 1. The summed E-state index contributed by atoms with van der Waals surface area (Å²) in [5, 5.41) is 3.42. The number of thiazole rings is 1. The fourth-order valence-corrected chi connectivity index (χ4v) is 7.02. The zero-order chi connectivity index (χ0) is 19.0. The van der Waals surface area contributed by atoms with Gasteiger partial charge in [0.15, 0.2) is 5.13 Å². The summed E-state index contributed by atoms with van der Waals surface area (Å²) in [5.41, 5.74) is 0.846. The summed E-state index contributed by atoms with van der Waals surface area (Å²) in [4.78, 5) is 18.1. The van der Waals surface area contributed by atoms with E-state index in [-0.39, 0.29) is 18.4 Å². The standard InChI is InChI=1S/C18H19N3O3S3/c1-12-8-9-16(25-12)27(23,24)21-10-4-5-13(11-21)17(22)20-18-19-14-6-2-3-7-15(14)26-18/h2-3,6-9,13H,4-5,10-11H2,1H3,(H,19,20,22)/t13-/m0/s1. The topological polar surface area (TPSA) is 79.4 Å². The normalized spacial score (nSPS) is 18.6. The number of para-hydroxylation sites is 1. The van der Waals surface area contributed by atoms with Crippen LogP contribution in [0.4, 0.5) is 5.13 Å². The Kier molecular flexibility index (Phi) is 5.02. The molecule has 1 saturated heterocycles. The number of aromatic nitrogens is 1. The highest BCUT2D eigenvalue weighted by atomic mass is 32.2. The van der Waals surface area contributed by atoms with E-state index >= 15 is 0 Å². The molecule has 1 aliphatic heterocycles. The molecule has 1 atom stereocenters. The summed E-state index contributed by atoms with van der Waals surface area (Å²) in [6.07, 6.45) is 1.34. The van der Waals surface area contributed by atoms with E-state index in [4.69, 9.17) is 0 Å². The fourth-order valence-electron chi connectivity index (χ4n) is 3.19. The number of anilines is 1. The highest BCUT2D eigenvalue weighted by Gasteiger charge is 2.34. The Morgan fingerprint density at radius 1 is 1.22 bits per heavy atom. The molecule has 1 amide bonds. The van der Waals surface area contributed by atoms with E-state index in [1.807, 2.05) is 31.2 Å². The van der Waals surface area contributed by atoms with Crippen molar-refractivity contribution in [2.45, 2.75) is 24.0 Å². The molecule has 0 bridgehead atoms. The predicted molar refractivity (Wildman–Crippen MR) is 109 cm³/mol. The van der Waals surface area contributed by atoms with Crippen molar-refractivity contribution in [2.75, 3.05) is 18.4 Å². The number of carbonyl (C=O) groups is 1. The van der Waals surface area contributed by atoms with Gasteiger partial charge in [-0.1, -0.05) is 23.5 Å². The molecule has 0 radical (unpaired) electrons. The van der Waals surface area contributed by atoms with E-state index in [0.717, 1.165) is 15.1 Å². The van der Waals surface area contributed by atoms with Gasteiger partial charge in [0.05, 0.1) is 16.1 Å². The minimum atomic E-state index is -3.54. The fraction of sp³-hybridized carbons (Fsp3) is 0.333. The average Bonchev–Trinajstić information content (AvgIpc) is 3.27. The molecule has 0 unspecified atom stereocenters. The van der Waals surface area contributed by atoms with Crippen LogP contribution in [0.1, 0.15) is 17.7 Å². The summed E-state index contributed by atoms with van der Waals surface area (Å²) < 4.78 is 28.5. The maximum Gasteiger partial charge on any atom is 0.252 e. The Bertz CT molecular complexity index is 1050. The number of aryl methyl sites for hydroxylation is 1. The van der Waals surface area contributed by atoms with Crippen molar-refractivity contribution < 1.29 is 13.2 Å². The van der Waals surface area contributed by atoms with Crippen LogP contribution in [0.5, 0.6) is 0 Å². The summed E-state index contributed by atoms with van der Waals surface area (Å²) in [6, 6.07) is 11.1. The SMILES string of the molecule is Cc1ccc(S(=O)(=O)N2CCC[C@H](C(=O)Nc3nc4ccccc4s3)C2)s1. The van der Waals surface area contributed by atoms with E-state index < -0.39 is 10.0 Å². The number of nitrogens with zero attached hydrogens (tertiary/aromatic N) is 2. The number of hydrogen-bond acceptors (Lipinski definition) is 6. The van der Waals surface area contributed by atoms with Gasteiger partial charge in [-0.05, 0) is 44.0 Å². The van der Waals surface area contributed by atoms with Crippen LogP contribution in [0, 0.1) is 12.8 Å². The van der Waals surface area contributed by atoms with Gasteiger partial charge < -0.3 is 5.32 Å². The Balaban J connectivity index is 1.48.